The molecule has 1 rings (SSSR count). The largest absolute Gasteiger partial charge is 0.494 e. The minimum absolute atomic E-state index is 0.0442. The number of hydrogen-bond acceptors (Lipinski definition) is 1. The summed E-state index contributed by atoms with van der Waals surface area (Å²) in [6, 6.07) is 3.75. The fraction of sp³-hybridized carbons (Fsp3) is 0.333. The van der Waals surface area contributed by atoms with E-state index in [1.165, 1.54) is 19.2 Å². The SMILES string of the molecule is COc1ccc(C(Br)C(F)F)cc1F. The van der Waals surface area contributed by atoms with Gasteiger partial charge in [0.1, 0.15) is 4.83 Å². The molecule has 0 bridgehead atoms. The fourth-order valence-corrected chi connectivity index (χ4v) is 1.28. The summed E-state index contributed by atoms with van der Waals surface area (Å²) in [7, 11) is 1.32. The van der Waals surface area contributed by atoms with E-state index >= 15 is 0 Å². The van der Waals surface area contributed by atoms with Gasteiger partial charge < -0.3 is 4.74 Å². The van der Waals surface area contributed by atoms with Crippen LogP contribution in [-0.4, -0.2) is 13.5 Å². The normalized spacial score (nSPS) is 13.0. The van der Waals surface area contributed by atoms with E-state index in [9.17, 15) is 13.2 Å². The van der Waals surface area contributed by atoms with Gasteiger partial charge >= 0.3 is 0 Å². The lowest BCUT2D eigenvalue weighted by Gasteiger charge is -2.10. The Hall–Kier alpha value is -0.710. The second-order valence-electron chi connectivity index (χ2n) is 2.63. The Morgan fingerprint density at radius 3 is 2.43 bits per heavy atom. The van der Waals surface area contributed by atoms with Crippen molar-refractivity contribution < 1.29 is 17.9 Å². The van der Waals surface area contributed by atoms with Crippen molar-refractivity contribution >= 4 is 15.9 Å². The van der Waals surface area contributed by atoms with E-state index in [0.717, 1.165) is 6.07 Å². The third-order valence-corrected chi connectivity index (χ3v) is 2.64. The highest BCUT2D eigenvalue weighted by atomic mass is 79.9. The molecule has 0 spiro atoms. The first-order valence-electron chi connectivity index (χ1n) is 3.82. The summed E-state index contributed by atoms with van der Waals surface area (Å²) >= 11 is 2.77. The number of halogens is 4. The maximum atomic E-state index is 13.1. The van der Waals surface area contributed by atoms with Gasteiger partial charge in [0.15, 0.2) is 11.6 Å². The smallest absolute Gasteiger partial charge is 0.255 e. The molecule has 1 nitrogen and oxygen atoms in total. The number of methoxy groups -OCH3 is 1. The van der Waals surface area contributed by atoms with Crippen LogP contribution < -0.4 is 4.74 Å². The molecule has 5 heteroatoms. The third kappa shape index (κ3) is 2.41. The van der Waals surface area contributed by atoms with Gasteiger partial charge in [-0.1, -0.05) is 22.0 Å². The minimum Gasteiger partial charge on any atom is -0.494 e. The lowest BCUT2D eigenvalue weighted by Crippen LogP contribution is -2.02. The van der Waals surface area contributed by atoms with Crippen LogP contribution in [0.1, 0.15) is 10.4 Å². The van der Waals surface area contributed by atoms with Gasteiger partial charge in [0.05, 0.1) is 7.11 Å². The Morgan fingerprint density at radius 1 is 1.36 bits per heavy atom. The summed E-state index contributed by atoms with van der Waals surface area (Å²) in [6.07, 6.45) is -2.57. The standard InChI is InChI=1S/C9H8BrF3O/c1-14-7-3-2-5(4-6(7)11)8(10)9(12)13/h2-4,8-9H,1H3. The first-order chi connectivity index (χ1) is 6.56. The van der Waals surface area contributed by atoms with Crippen LogP contribution in [0.25, 0.3) is 0 Å². The van der Waals surface area contributed by atoms with Crippen LogP contribution in [0.3, 0.4) is 0 Å². The Labute approximate surface area is 88.0 Å². The predicted molar refractivity (Wildman–Crippen MR) is 50.6 cm³/mol. The van der Waals surface area contributed by atoms with Crippen molar-refractivity contribution in [3.63, 3.8) is 0 Å². The number of benzene rings is 1. The fourth-order valence-electron chi connectivity index (χ4n) is 1.000. The summed E-state index contributed by atoms with van der Waals surface area (Å²) in [4.78, 5) is -1.15. The van der Waals surface area contributed by atoms with Crippen molar-refractivity contribution in [2.24, 2.45) is 0 Å². The van der Waals surface area contributed by atoms with Crippen LogP contribution in [0, 0.1) is 5.82 Å². The molecule has 0 saturated carbocycles. The molecule has 0 aliphatic heterocycles. The number of alkyl halides is 3. The van der Waals surface area contributed by atoms with E-state index in [4.69, 9.17) is 0 Å². The van der Waals surface area contributed by atoms with Gasteiger partial charge in [0, 0.05) is 0 Å². The zero-order valence-corrected chi connectivity index (χ0v) is 8.89. The van der Waals surface area contributed by atoms with Crippen molar-refractivity contribution in [3.05, 3.63) is 29.6 Å². The van der Waals surface area contributed by atoms with Crippen LogP contribution in [0.2, 0.25) is 0 Å². The van der Waals surface area contributed by atoms with Crippen LogP contribution in [0.15, 0.2) is 18.2 Å². The molecule has 14 heavy (non-hydrogen) atoms. The lowest BCUT2D eigenvalue weighted by molar-refractivity contribution is 0.147. The molecule has 1 aromatic carbocycles. The monoisotopic (exact) mass is 268 g/mol. The Morgan fingerprint density at radius 2 is 2.00 bits per heavy atom. The summed E-state index contributed by atoms with van der Waals surface area (Å²) in [5.74, 6) is -0.599. The van der Waals surface area contributed by atoms with Crippen molar-refractivity contribution in [2.75, 3.05) is 7.11 Å². The molecule has 0 radical (unpaired) electrons. The van der Waals surface area contributed by atoms with Gasteiger partial charge in [-0.05, 0) is 17.7 Å². The van der Waals surface area contributed by atoms with Gasteiger partial charge in [-0.25, -0.2) is 13.2 Å². The molecular weight excluding hydrogens is 261 g/mol. The highest BCUT2D eigenvalue weighted by molar-refractivity contribution is 9.09. The zero-order chi connectivity index (χ0) is 10.7. The molecule has 1 aromatic rings. The second kappa shape index (κ2) is 4.68. The highest BCUT2D eigenvalue weighted by Crippen LogP contribution is 2.31. The molecule has 1 atom stereocenters. The average Bonchev–Trinajstić information content (AvgIpc) is 2.16. The van der Waals surface area contributed by atoms with Gasteiger partial charge in [0.25, 0.3) is 6.43 Å². The van der Waals surface area contributed by atoms with Gasteiger partial charge in [-0.2, -0.15) is 0 Å². The highest BCUT2D eigenvalue weighted by Gasteiger charge is 2.19. The topological polar surface area (TPSA) is 9.23 Å². The Kier molecular flexibility index (Phi) is 3.80. The van der Waals surface area contributed by atoms with Crippen molar-refractivity contribution in [1.29, 1.82) is 0 Å². The van der Waals surface area contributed by atoms with Crippen LogP contribution in [0.5, 0.6) is 5.75 Å². The summed E-state index contributed by atoms with van der Waals surface area (Å²) in [5, 5.41) is 0. The minimum atomic E-state index is -2.57. The summed E-state index contributed by atoms with van der Waals surface area (Å²) in [5.41, 5.74) is 0.193. The number of ether oxygens (including phenoxy) is 1. The first kappa shape index (κ1) is 11.4. The molecule has 0 aromatic heterocycles. The van der Waals surface area contributed by atoms with Crippen molar-refractivity contribution in [2.45, 2.75) is 11.3 Å². The van der Waals surface area contributed by atoms with E-state index in [-0.39, 0.29) is 11.3 Å². The van der Waals surface area contributed by atoms with Crippen molar-refractivity contribution in [1.82, 2.24) is 0 Å². The molecular formula is C9H8BrF3O. The third-order valence-electron chi connectivity index (χ3n) is 1.72. The molecule has 0 saturated heterocycles. The molecule has 0 amide bonds. The molecule has 0 aliphatic carbocycles. The van der Waals surface area contributed by atoms with E-state index in [1.807, 2.05) is 0 Å². The van der Waals surface area contributed by atoms with Gasteiger partial charge in [0.2, 0.25) is 0 Å². The van der Waals surface area contributed by atoms with Gasteiger partial charge in [-0.15, -0.1) is 0 Å². The molecule has 78 valence electrons. The lowest BCUT2D eigenvalue weighted by atomic mass is 10.1. The molecule has 1 unspecified atom stereocenters. The van der Waals surface area contributed by atoms with Crippen LogP contribution in [0.4, 0.5) is 13.2 Å². The summed E-state index contributed by atoms with van der Waals surface area (Å²) in [6.45, 7) is 0. The van der Waals surface area contributed by atoms with E-state index in [0.29, 0.717) is 0 Å². The molecule has 0 heterocycles. The number of hydrogen-bond donors (Lipinski definition) is 0. The van der Waals surface area contributed by atoms with Gasteiger partial charge in [-0.3, -0.25) is 0 Å². The van der Waals surface area contributed by atoms with E-state index in [1.54, 1.807) is 0 Å². The van der Waals surface area contributed by atoms with Crippen LogP contribution in [-0.2, 0) is 0 Å². The quantitative estimate of drug-likeness (QED) is 0.762. The Bertz CT molecular complexity index is 317. The molecule has 0 N–H and O–H groups in total. The molecule has 0 fully saturated rings. The molecule has 0 aliphatic rings. The zero-order valence-electron chi connectivity index (χ0n) is 7.31. The van der Waals surface area contributed by atoms with E-state index < -0.39 is 17.1 Å². The predicted octanol–water partition coefficient (Wildman–Crippen LogP) is 3.54. The van der Waals surface area contributed by atoms with Crippen molar-refractivity contribution in [3.8, 4) is 5.75 Å². The first-order valence-corrected chi connectivity index (χ1v) is 4.73. The van der Waals surface area contributed by atoms with E-state index in [2.05, 4.69) is 20.7 Å². The maximum absolute atomic E-state index is 13.1. The number of rotatable bonds is 3. The Balaban J connectivity index is 2.96. The summed E-state index contributed by atoms with van der Waals surface area (Å²) < 4.78 is 42.2. The maximum Gasteiger partial charge on any atom is 0.255 e. The van der Waals surface area contributed by atoms with Crippen LogP contribution >= 0.6 is 15.9 Å². The average molecular weight is 269 g/mol. The second-order valence-corrected chi connectivity index (χ2v) is 3.62.